The van der Waals surface area contributed by atoms with Crippen LogP contribution in [-0.2, 0) is 17.9 Å². The number of halogens is 4. The Bertz CT molecular complexity index is 3640. The second-order valence-electron chi connectivity index (χ2n) is 14.3. The number of nitrogens with zero attached hydrogens (tertiary/aromatic N) is 5. The predicted octanol–water partition coefficient (Wildman–Crippen LogP) is 9.30. The maximum absolute atomic E-state index is 14.6. The van der Waals surface area contributed by atoms with Crippen LogP contribution in [0.1, 0.15) is 27.8 Å². The Labute approximate surface area is 340 Å². The number of rotatable bonds is 6. The number of hydrogen-bond acceptors (Lipinski definition) is 8. The fourth-order valence-electron chi connectivity index (χ4n) is 7.81. The number of aromatic nitrogens is 4. The van der Waals surface area contributed by atoms with Gasteiger partial charge in [-0.15, -0.1) is 0 Å². The highest BCUT2D eigenvalue weighted by molar-refractivity contribution is 6.19. The largest absolute Gasteiger partial charge is 0.402 e. The molecule has 0 bridgehead atoms. The monoisotopic (exact) mass is 820 g/mol. The Morgan fingerprint density at radius 3 is 1.64 bits per heavy atom. The molecule has 1 amide bonds. The summed E-state index contributed by atoms with van der Waals surface area (Å²) < 4.78 is 71.9. The summed E-state index contributed by atoms with van der Waals surface area (Å²) in [4.78, 5) is 44.8. The minimum atomic E-state index is -0.655. The van der Waals surface area contributed by atoms with E-state index in [1.807, 2.05) is 6.07 Å². The third-order valence-electron chi connectivity index (χ3n) is 10.6. The molecule has 4 aromatic carbocycles. The third-order valence-corrected chi connectivity index (χ3v) is 10.6. The lowest BCUT2D eigenvalue weighted by Gasteiger charge is -2.10. The second-order valence-corrected chi connectivity index (χ2v) is 14.3. The number of carbonyl (C=O) groups is 1. The fraction of sp³-hybridized carbons (Fsp3) is 0.0870. The minimum Gasteiger partial charge on any atom is -0.402 e. The van der Waals surface area contributed by atoms with Gasteiger partial charge >= 0.3 is 11.3 Å². The van der Waals surface area contributed by atoms with Gasteiger partial charge in [-0.3, -0.25) is 4.79 Å². The molecule has 6 heterocycles. The molecule has 0 spiro atoms. The number of carbonyl (C=O) groups excluding carboxylic acids is 1. The molecule has 11 nitrogen and oxygen atoms in total. The van der Waals surface area contributed by atoms with Crippen molar-refractivity contribution in [1.82, 2.24) is 19.1 Å². The number of nitrogens with one attached hydrogen (secondary N) is 1. The van der Waals surface area contributed by atoms with Gasteiger partial charge in [-0.25, -0.2) is 37.1 Å². The normalized spacial score (nSPS) is 11.4. The number of anilines is 1. The highest BCUT2D eigenvalue weighted by Crippen LogP contribution is 2.36. The highest BCUT2D eigenvalue weighted by atomic mass is 19.1. The van der Waals surface area contributed by atoms with Gasteiger partial charge in [0.1, 0.15) is 34.3 Å². The molecule has 0 radical (unpaired) electrons. The van der Waals surface area contributed by atoms with Crippen LogP contribution in [0.15, 0.2) is 116 Å². The molecule has 0 saturated heterocycles. The van der Waals surface area contributed by atoms with Gasteiger partial charge in [0.2, 0.25) is 17.8 Å². The zero-order valence-corrected chi connectivity index (χ0v) is 32.0. The molecule has 0 aliphatic carbocycles. The third kappa shape index (κ3) is 6.50. The first-order valence-electron chi connectivity index (χ1n) is 18.6. The van der Waals surface area contributed by atoms with Crippen LogP contribution < -0.4 is 16.6 Å². The number of benzene rings is 4. The van der Waals surface area contributed by atoms with Crippen molar-refractivity contribution >= 4 is 77.9 Å². The quantitative estimate of drug-likeness (QED) is 0.129. The van der Waals surface area contributed by atoms with Gasteiger partial charge in [-0.2, -0.15) is 5.26 Å². The van der Waals surface area contributed by atoms with Crippen molar-refractivity contribution in [3.05, 3.63) is 169 Å². The van der Waals surface area contributed by atoms with Crippen LogP contribution in [0.5, 0.6) is 0 Å². The molecule has 10 rings (SSSR count). The number of fused-ring (bicyclic) bond motifs is 10. The van der Waals surface area contributed by atoms with E-state index in [-0.39, 0.29) is 52.2 Å². The SMILES string of the molecule is Cc1cc2c3c4cccnc4oc(=O)c3n(Cc3cc(C#N)ccc3F)c2cc1F.Cc1cc2c3c4cccnc4oc(=O)c3n(Cc3cc(NC=O)ccc3F)c2cc1F. The van der Waals surface area contributed by atoms with Crippen LogP contribution >= 0.6 is 0 Å². The van der Waals surface area contributed by atoms with Gasteiger partial charge in [-0.1, -0.05) is 0 Å². The van der Waals surface area contributed by atoms with E-state index in [1.54, 1.807) is 50.2 Å². The van der Waals surface area contributed by atoms with Crippen molar-refractivity contribution in [2.24, 2.45) is 0 Å². The molecule has 0 atom stereocenters. The minimum absolute atomic E-state index is 0.0691. The van der Waals surface area contributed by atoms with Crippen molar-refractivity contribution in [3.63, 3.8) is 0 Å². The summed E-state index contributed by atoms with van der Waals surface area (Å²) in [5.41, 5.74) is 2.23. The van der Waals surface area contributed by atoms with E-state index in [0.717, 1.165) is 0 Å². The lowest BCUT2D eigenvalue weighted by atomic mass is 10.1. The fourth-order valence-corrected chi connectivity index (χ4v) is 7.81. The first kappa shape index (κ1) is 38.4. The van der Waals surface area contributed by atoms with Gasteiger partial charge in [0.25, 0.3) is 0 Å². The molecule has 10 aromatic rings. The van der Waals surface area contributed by atoms with Crippen LogP contribution in [0.2, 0.25) is 0 Å². The predicted molar refractivity (Wildman–Crippen MR) is 221 cm³/mol. The van der Waals surface area contributed by atoms with Crippen LogP contribution in [0, 0.1) is 48.4 Å². The van der Waals surface area contributed by atoms with E-state index < -0.39 is 34.5 Å². The number of amides is 1. The molecule has 1 N–H and O–H groups in total. The van der Waals surface area contributed by atoms with E-state index in [1.165, 1.54) is 70.1 Å². The summed E-state index contributed by atoms with van der Waals surface area (Å²) in [7, 11) is 0. The maximum atomic E-state index is 14.6. The van der Waals surface area contributed by atoms with Gasteiger partial charge in [0.15, 0.2) is 0 Å². The zero-order chi connectivity index (χ0) is 42.7. The Kier molecular flexibility index (Phi) is 9.39. The van der Waals surface area contributed by atoms with Gasteiger partial charge in [0, 0.05) is 61.5 Å². The number of pyridine rings is 2. The Morgan fingerprint density at radius 2 is 1.15 bits per heavy atom. The molecular formula is C46H28F4N6O5. The average Bonchev–Trinajstić information content (AvgIpc) is 3.72. The topological polar surface area (TPSA) is 149 Å². The summed E-state index contributed by atoms with van der Waals surface area (Å²) in [5, 5.41) is 15.3. The molecule has 0 unspecified atom stereocenters. The Morgan fingerprint density at radius 1 is 0.656 bits per heavy atom. The van der Waals surface area contributed by atoms with Crippen molar-refractivity contribution in [1.29, 1.82) is 5.26 Å². The lowest BCUT2D eigenvalue weighted by Crippen LogP contribution is -2.10. The van der Waals surface area contributed by atoms with E-state index in [9.17, 15) is 31.9 Å². The van der Waals surface area contributed by atoms with Crippen LogP contribution in [0.25, 0.3) is 65.8 Å². The molecule has 0 aliphatic heterocycles. The van der Waals surface area contributed by atoms with Gasteiger partial charge in [0.05, 0.1) is 35.8 Å². The molecule has 0 fully saturated rings. The van der Waals surface area contributed by atoms with Gasteiger partial charge < -0.3 is 23.3 Å². The van der Waals surface area contributed by atoms with E-state index in [4.69, 9.17) is 14.1 Å². The van der Waals surface area contributed by atoms with E-state index in [2.05, 4.69) is 15.3 Å². The van der Waals surface area contributed by atoms with Crippen molar-refractivity contribution in [2.45, 2.75) is 26.9 Å². The van der Waals surface area contributed by atoms with Gasteiger partial charge in [-0.05, 0) is 110 Å². The summed E-state index contributed by atoms with van der Waals surface area (Å²) in [6, 6.07) is 23.1. The van der Waals surface area contributed by atoms with Crippen LogP contribution in [-0.4, -0.2) is 25.5 Å². The first-order valence-corrected chi connectivity index (χ1v) is 18.6. The van der Waals surface area contributed by atoms with Crippen molar-refractivity contribution in [3.8, 4) is 6.07 Å². The summed E-state index contributed by atoms with van der Waals surface area (Å²) >= 11 is 0. The smallest absolute Gasteiger partial charge is 0.362 e. The number of aryl methyl sites for hydroxylation is 2. The van der Waals surface area contributed by atoms with Crippen molar-refractivity contribution in [2.75, 3.05) is 5.32 Å². The first-order chi connectivity index (χ1) is 29.4. The number of hydrogen-bond donors (Lipinski definition) is 1. The summed E-state index contributed by atoms with van der Waals surface area (Å²) in [6.07, 6.45) is 3.52. The maximum Gasteiger partial charge on any atom is 0.362 e. The standard InChI is InChI=1S/C23H15F2N3O3.C23H13F2N3O2/c1-12-7-16-19(9-18(12)25)28(10-13-8-14(27-11-29)4-5-17(13)24)21-20(16)15-3-2-6-26-22(15)31-23(21)30;1-12-7-16-19(9-18(12)25)28(11-14-8-13(10-26)4-5-17(14)24)21-20(16)15-3-2-6-27-22(15)30-23(21)29/h2-9,11H,10H2,1H3,(H,27,29);2-9H,11H2,1H3. The lowest BCUT2D eigenvalue weighted by molar-refractivity contribution is -0.105. The van der Waals surface area contributed by atoms with E-state index >= 15 is 0 Å². The Hall–Kier alpha value is -8.12. The molecular weight excluding hydrogens is 793 g/mol. The summed E-state index contributed by atoms with van der Waals surface area (Å²) in [6.45, 7) is 3.14. The molecule has 15 heteroatoms. The zero-order valence-electron chi connectivity index (χ0n) is 32.0. The molecule has 300 valence electrons. The average molecular weight is 821 g/mol. The molecule has 0 saturated carbocycles. The second kappa shape index (κ2) is 14.9. The number of nitriles is 1. The Balaban J connectivity index is 0.000000156. The molecule has 0 aliphatic rings. The summed E-state index contributed by atoms with van der Waals surface area (Å²) in [5.74, 6) is -1.93. The van der Waals surface area contributed by atoms with Crippen LogP contribution in [0.4, 0.5) is 23.2 Å². The van der Waals surface area contributed by atoms with Crippen LogP contribution in [0.3, 0.4) is 0 Å². The van der Waals surface area contributed by atoms with Crippen molar-refractivity contribution < 1.29 is 31.2 Å². The molecule has 6 aromatic heterocycles. The van der Waals surface area contributed by atoms with E-state index in [0.29, 0.717) is 66.6 Å². The highest BCUT2D eigenvalue weighted by Gasteiger charge is 2.23. The molecule has 61 heavy (non-hydrogen) atoms.